The minimum Gasteiger partial charge on any atom is -0.330 e. The maximum absolute atomic E-state index is 6.60. The summed E-state index contributed by atoms with van der Waals surface area (Å²) in [5, 5.41) is -0.400. The minimum atomic E-state index is -1.37. The van der Waals surface area contributed by atoms with Gasteiger partial charge in [0.15, 0.2) is 5.34 Å². The predicted octanol–water partition coefficient (Wildman–Crippen LogP) is 5.23. The summed E-state index contributed by atoms with van der Waals surface area (Å²) in [6.45, 7) is 14.9. The lowest BCUT2D eigenvalue weighted by Crippen LogP contribution is -2.51. The molecule has 0 radical (unpaired) electrons. The van der Waals surface area contributed by atoms with Gasteiger partial charge in [0.2, 0.25) is 0 Å². The van der Waals surface area contributed by atoms with Gasteiger partial charge in [-0.25, -0.2) is 0 Å². The topological polar surface area (TPSA) is 38.3 Å². The van der Waals surface area contributed by atoms with Gasteiger partial charge in [-0.05, 0) is 29.2 Å². The average Bonchev–Trinajstić information content (AvgIpc) is 3.22. The smallest absolute Gasteiger partial charge is 0.199 e. The van der Waals surface area contributed by atoms with Crippen LogP contribution in [-0.2, 0) is 9.87 Å². The summed E-state index contributed by atoms with van der Waals surface area (Å²) >= 11 is 0. The molecule has 0 bridgehead atoms. The van der Waals surface area contributed by atoms with Crippen LogP contribution in [0.15, 0.2) is 48.8 Å². The van der Waals surface area contributed by atoms with Crippen molar-refractivity contribution in [2.45, 2.75) is 49.5 Å². The molecule has 1 saturated heterocycles. The SMILES string of the molecule is C[Si](C)(C)C(P1OC1(c1ccccn1)c1ccccn1)[Si](C)(C)C. The zero-order valence-corrected chi connectivity index (χ0v) is 18.3. The van der Waals surface area contributed by atoms with Crippen LogP contribution in [0.2, 0.25) is 39.3 Å². The number of hydrogen-bond acceptors (Lipinski definition) is 3. The molecule has 1 fully saturated rings. The standard InChI is InChI=1S/C18H27N2OPSi2/c1-23(2,3)17(24(4,5)6)22-18(21-22,15-11-7-9-13-19-15)16-12-8-10-14-20-16/h7-14,17H,1-6H3. The monoisotopic (exact) mass is 374 g/mol. The van der Waals surface area contributed by atoms with Crippen LogP contribution in [0.4, 0.5) is 0 Å². The quantitative estimate of drug-likeness (QED) is 0.409. The van der Waals surface area contributed by atoms with Crippen molar-refractivity contribution in [2.75, 3.05) is 0 Å². The Morgan fingerprint density at radius 3 is 1.62 bits per heavy atom. The van der Waals surface area contributed by atoms with Crippen LogP contribution in [0.25, 0.3) is 0 Å². The first-order valence-electron chi connectivity index (χ1n) is 8.49. The summed E-state index contributed by atoms with van der Waals surface area (Å²) in [7, 11) is -3.33. The van der Waals surface area contributed by atoms with Gasteiger partial charge in [0.1, 0.15) is 0 Å². The maximum atomic E-state index is 6.60. The van der Waals surface area contributed by atoms with Crippen molar-refractivity contribution in [1.29, 1.82) is 0 Å². The van der Waals surface area contributed by atoms with Crippen molar-refractivity contribution < 1.29 is 4.52 Å². The summed E-state index contributed by atoms with van der Waals surface area (Å²) in [6.07, 6.45) is 3.74. The van der Waals surface area contributed by atoms with E-state index in [9.17, 15) is 0 Å². The summed E-state index contributed by atoms with van der Waals surface area (Å²) in [4.78, 5) is 10.0. The number of nitrogens with zero attached hydrogens (tertiary/aromatic N) is 2. The molecule has 1 aliphatic heterocycles. The number of hydrogen-bond donors (Lipinski definition) is 0. The number of pyridine rings is 2. The van der Waals surface area contributed by atoms with Crippen LogP contribution < -0.4 is 0 Å². The zero-order valence-electron chi connectivity index (χ0n) is 15.4. The highest BCUT2D eigenvalue weighted by Crippen LogP contribution is 2.82. The first-order valence-corrected chi connectivity index (χ1v) is 17.0. The molecule has 1 atom stereocenters. The molecule has 2 aromatic rings. The minimum absolute atomic E-state index is 0.400. The molecule has 3 nitrogen and oxygen atoms in total. The molecular weight excluding hydrogens is 347 g/mol. The van der Waals surface area contributed by atoms with Crippen LogP contribution in [0.3, 0.4) is 0 Å². The van der Waals surface area contributed by atoms with Gasteiger partial charge in [0, 0.05) is 12.4 Å². The van der Waals surface area contributed by atoms with E-state index < -0.39 is 29.6 Å². The number of aromatic nitrogens is 2. The molecule has 0 amide bonds. The first-order chi connectivity index (χ1) is 11.2. The van der Waals surface area contributed by atoms with Crippen LogP contribution in [0.1, 0.15) is 11.4 Å². The second-order valence-corrected chi connectivity index (χ2v) is 22.8. The van der Waals surface area contributed by atoms with Crippen molar-refractivity contribution in [3.05, 3.63) is 60.2 Å². The predicted molar refractivity (Wildman–Crippen MR) is 108 cm³/mol. The summed E-state index contributed by atoms with van der Waals surface area (Å²) in [5.74, 6) is 0. The third kappa shape index (κ3) is 3.15. The Bertz CT molecular complexity index is 645. The molecule has 3 rings (SSSR count). The Hall–Kier alpha value is -0.876. The zero-order chi connectivity index (χ0) is 17.6. The summed E-state index contributed by atoms with van der Waals surface area (Å²) in [6, 6.07) is 12.2. The lowest BCUT2D eigenvalue weighted by Gasteiger charge is -2.37. The molecular formula is C18H27N2OPSi2. The molecule has 0 spiro atoms. The average molecular weight is 375 g/mol. The van der Waals surface area contributed by atoms with E-state index in [1.807, 2.05) is 24.5 Å². The molecule has 3 heterocycles. The fourth-order valence-corrected chi connectivity index (χ4v) is 23.1. The Morgan fingerprint density at radius 1 is 0.833 bits per heavy atom. The fourth-order valence-electron chi connectivity index (χ4n) is 3.94. The highest BCUT2D eigenvalue weighted by Gasteiger charge is 2.68. The van der Waals surface area contributed by atoms with Gasteiger partial charge in [-0.2, -0.15) is 0 Å². The molecule has 1 unspecified atom stereocenters. The van der Waals surface area contributed by atoms with Gasteiger partial charge in [-0.15, -0.1) is 0 Å². The molecule has 128 valence electrons. The fraction of sp³-hybridized carbons (Fsp3) is 0.444. The highest BCUT2D eigenvalue weighted by atomic mass is 31.2. The third-order valence-corrected chi connectivity index (χ3v) is 20.9. The Labute approximate surface area is 148 Å². The van der Waals surface area contributed by atoms with Gasteiger partial charge in [-0.1, -0.05) is 51.4 Å². The van der Waals surface area contributed by atoms with Crippen LogP contribution in [-0.4, -0.2) is 31.0 Å². The molecule has 0 saturated carbocycles. The summed E-state index contributed by atoms with van der Waals surface area (Å²) in [5.41, 5.74) is 2.05. The van der Waals surface area contributed by atoms with Gasteiger partial charge in [0.25, 0.3) is 0 Å². The second-order valence-electron chi connectivity index (χ2n) is 8.63. The van der Waals surface area contributed by atoms with Crippen molar-refractivity contribution >= 4 is 24.3 Å². The van der Waals surface area contributed by atoms with Crippen LogP contribution in [0.5, 0.6) is 0 Å². The number of rotatable bonds is 5. The third-order valence-electron chi connectivity index (χ3n) is 4.41. The molecule has 0 aromatic carbocycles. The van der Waals surface area contributed by atoms with Crippen molar-refractivity contribution in [3.8, 4) is 0 Å². The molecule has 6 heteroatoms. The first kappa shape index (κ1) is 17.9. The van der Waals surface area contributed by atoms with Crippen LogP contribution >= 0.6 is 8.15 Å². The molecule has 1 aliphatic rings. The molecule has 0 N–H and O–H groups in total. The lowest BCUT2D eigenvalue weighted by atomic mass is 10.1. The molecule has 24 heavy (non-hydrogen) atoms. The van der Waals surface area contributed by atoms with E-state index in [-0.39, 0.29) is 0 Å². The van der Waals surface area contributed by atoms with E-state index in [2.05, 4.69) is 73.5 Å². The van der Waals surface area contributed by atoms with Crippen LogP contribution in [0, 0.1) is 0 Å². The molecule has 2 aromatic heterocycles. The van der Waals surface area contributed by atoms with Gasteiger partial charge in [-0.3, -0.25) is 9.97 Å². The van der Waals surface area contributed by atoms with Gasteiger partial charge >= 0.3 is 0 Å². The van der Waals surface area contributed by atoms with E-state index in [0.717, 1.165) is 11.4 Å². The van der Waals surface area contributed by atoms with E-state index >= 15 is 0 Å². The normalized spacial score (nSPS) is 20.2. The highest BCUT2D eigenvalue weighted by molar-refractivity contribution is 7.67. The largest absolute Gasteiger partial charge is 0.330 e. The summed E-state index contributed by atoms with van der Waals surface area (Å²) < 4.78 is 6.60. The van der Waals surface area contributed by atoms with Crippen molar-refractivity contribution in [3.63, 3.8) is 0 Å². The van der Waals surface area contributed by atoms with Crippen molar-refractivity contribution in [2.24, 2.45) is 0 Å². The van der Waals surface area contributed by atoms with Gasteiger partial charge < -0.3 is 4.52 Å². The van der Waals surface area contributed by atoms with E-state index in [4.69, 9.17) is 4.52 Å². The van der Waals surface area contributed by atoms with E-state index in [1.165, 1.54) is 0 Å². The maximum Gasteiger partial charge on any atom is 0.199 e. The Balaban J connectivity index is 2.11. The van der Waals surface area contributed by atoms with Crippen molar-refractivity contribution in [1.82, 2.24) is 9.97 Å². The Kier molecular flexibility index (Phi) is 4.58. The second kappa shape index (κ2) is 6.13. The van der Waals surface area contributed by atoms with E-state index in [1.54, 1.807) is 0 Å². The van der Waals surface area contributed by atoms with E-state index in [0.29, 0.717) is 4.91 Å². The molecule has 0 aliphatic carbocycles. The lowest BCUT2D eigenvalue weighted by molar-refractivity contribution is 0.361. The van der Waals surface area contributed by atoms with Gasteiger partial charge in [0.05, 0.1) is 35.7 Å². The Morgan fingerprint density at radius 2 is 1.29 bits per heavy atom.